The minimum Gasteiger partial charge on any atom is -0.378 e. The third-order valence-corrected chi connectivity index (χ3v) is 8.39. The lowest BCUT2D eigenvalue weighted by Crippen LogP contribution is -2.37. The van der Waals surface area contributed by atoms with E-state index in [2.05, 4.69) is 15.2 Å². The Labute approximate surface area is 206 Å². The van der Waals surface area contributed by atoms with E-state index in [9.17, 15) is 22.3 Å². The largest absolute Gasteiger partial charge is 0.378 e. The minimum atomic E-state index is -3.18. The van der Waals surface area contributed by atoms with Crippen molar-refractivity contribution in [2.45, 2.75) is 17.4 Å². The van der Waals surface area contributed by atoms with Crippen LogP contribution in [0.2, 0.25) is 0 Å². The number of nitrogens with zero attached hydrogens (tertiary/aromatic N) is 4. The molecule has 2 saturated heterocycles. The van der Waals surface area contributed by atoms with Gasteiger partial charge in [-0.2, -0.15) is 10.6 Å². The number of morpholine rings is 1. The molecule has 3 N–H and O–H groups in total. The lowest BCUT2D eigenvalue weighted by atomic mass is 10.2. The predicted molar refractivity (Wildman–Crippen MR) is 137 cm³/mol. The molecule has 0 radical (unpaired) electrons. The van der Waals surface area contributed by atoms with Crippen molar-refractivity contribution in [1.82, 2.24) is 14.9 Å². The molecular formula is C22H31N5O6S2. The van der Waals surface area contributed by atoms with Gasteiger partial charge in [-0.1, -0.05) is 0 Å². The fourth-order valence-corrected chi connectivity index (χ4v) is 5.78. The Kier molecular flexibility index (Phi) is 7.52. The molecule has 0 spiro atoms. The van der Waals surface area contributed by atoms with Gasteiger partial charge in [-0.25, -0.2) is 23.2 Å². The van der Waals surface area contributed by atoms with Crippen LogP contribution >= 0.6 is 10.6 Å². The smallest absolute Gasteiger partial charge is 0.321 e. The summed E-state index contributed by atoms with van der Waals surface area (Å²) in [4.78, 5) is 25.4. The monoisotopic (exact) mass is 525 g/mol. The maximum atomic E-state index is 12.6. The Balaban J connectivity index is 1.50. The fourth-order valence-electron chi connectivity index (χ4n) is 4.09. The number of nitrogens with one attached hydrogen (secondary N) is 1. The molecule has 1 aromatic heterocycles. The molecule has 4 rings (SSSR count). The molecule has 2 aliphatic rings. The van der Waals surface area contributed by atoms with Gasteiger partial charge in [-0.15, -0.1) is 0 Å². The van der Waals surface area contributed by atoms with Crippen molar-refractivity contribution >= 4 is 38.0 Å². The van der Waals surface area contributed by atoms with Crippen LogP contribution in [0, 0.1) is 0 Å². The number of ether oxygens (including phenoxy) is 1. The molecule has 11 nitrogen and oxygen atoms in total. The van der Waals surface area contributed by atoms with E-state index in [4.69, 9.17) is 9.72 Å². The molecule has 3 heterocycles. The Morgan fingerprint density at radius 3 is 2.40 bits per heavy atom. The Bertz CT molecular complexity index is 1160. The van der Waals surface area contributed by atoms with Crippen molar-refractivity contribution in [2.75, 3.05) is 62.1 Å². The second-order valence-electron chi connectivity index (χ2n) is 8.97. The van der Waals surface area contributed by atoms with Crippen molar-refractivity contribution < 1.29 is 27.1 Å². The second kappa shape index (κ2) is 10.3. The van der Waals surface area contributed by atoms with E-state index < -0.39 is 25.7 Å². The number of rotatable bonds is 6. The molecule has 1 unspecified atom stereocenters. The number of carbonyl (C=O) groups excluding carboxylic acids is 1. The first-order chi connectivity index (χ1) is 16.5. The van der Waals surface area contributed by atoms with Crippen molar-refractivity contribution in [2.24, 2.45) is 0 Å². The Morgan fingerprint density at radius 2 is 1.80 bits per heavy atom. The number of urea groups is 1. The molecule has 0 bridgehead atoms. The molecule has 1 atom stereocenters. The lowest BCUT2D eigenvalue weighted by molar-refractivity contribution is 0.122. The van der Waals surface area contributed by atoms with Crippen LogP contribution in [-0.4, -0.2) is 95.6 Å². The summed E-state index contributed by atoms with van der Waals surface area (Å²) in [5.74, 6) is 1.17. The summed E-state index contributed by atoms with van der Waals surface area (Å²) < 4.78 is 48.9. The van der Waals surface area contributed by atoms with Crippen LogP contribution in [0.1, 0.15) is 12.1 Å². The highest BCUT2D eigenvalue weighted by Crippen LogP contribution is 2.38. The maximum Gasteiger partial charge on any atom is 0.321 e. The van der Waals surface area contributed by atoms with Crippen LogP contribution in [0.3, 0.4) is 0 Å². The number of amides is 2. The molecule has 0 saturated carbocycles. The van der Waals surface area contributed by atoms with Crippen LogP contribution in [-0.2, 0) is 20.3 Å². The van der Waals surface area contributed by atoms with Gasteiger partial charge in [-0.05, 0) is 30.7 Å². The van der Waals surface area contributed by atoms with E-state index in [0.717, 1.165) is 0 Å². The zero-order valence-corrected chi connectivity index (χ0v) is 21.4. The number of benzene rings is 1. The summed E-state index contributed by atoms with van der Waals surface area (Å²) in [7, 11) is -5.97. The predicted octanol–water partition coefficient (Wildman–Crippen LogP) is 2.51. The van der Waals surface area contributed by atoms with E-state index in [1.807, 2.05) is 0 Å². The fraction of sp³-hybridized carbons (Fsp3) is 0.500. The van der Waals surface area contributed by atoms with Crippen molar-refractivity contribution in [3.05, 3.63) is 36.0 Å². The summed E-state index contributed by atoms with van der Waals surface area (Å²) in [6, 6.07) is 8.46. The molecule has 2 aliphatic heterocycles. The number of hydrogen-bond donors (Lipinski definition) is 3. The minimum absolute atomic E-state index is 0.0261. The van der Waals surface area contributed by atoms with Gasteiger partial charge in [-0.3, -0.25) is 9.11 Å². The third-order valence-electron chi connectivity index (χ3n) is 5.95. The molecule has 35 heavy (non-hydrogen) atoms. The van der Waals surface area contributed by atoms with E-state index in [0.29, 0.717) is 67.9 Å². The van der Waals surface area contributed by atoms with Crippen LogP contribution in [0.4, 0.5) is 16.3 Å². The summed E-state index contributed by atoms with van der Waals surface area (Å²) in [5.41, 5.74) is 1.81. The Hall–Kier alpha value is -2.45. The first-order valence-electron chi connectivity index (χ1n) is 11.2. The van der Waals surface area contributed by atoms with Gasteiger partial charge in [0.2, 0.25) is 0 Å². The van der Waals surface area contributed by atoms with Gasteiger partial charge in [0, 0.05) is 56.0 Å². The number of hydrogen-bond acceptors (Lipinski definition) is 9. The molecule has 0 aliphatic carbocycles. The van der Waals surface area contributed by atoms with E-state index in [-0.39, 0.29) is 18.3 Å². The molecule has 2 aromatic rings. The zero-order chi connectivity index (χ0) is 25.2. The van der Waals surface area contributed by atoms with Crippen LogP contribution in [0.25, 0.3) is 11.4 Å². The van der Waals surface area contributed by atoms with E-state index >= 15 is 0 Å². The molecule has 2 fully saturated rings. The van der Waals surface area contributed by atoms with Gasteiger partial charge in [0.15, 0.2) is 15.7 Å². The first-order valence-corrected chi connectivity index (χ1v) is 15.3. The lowest BCUT2D eigenvalue weighted by Gasteiger charge is -2.30. The molecule has 2 amide bonds. The zero-order valence-electron chi connectivity index (χ0n) is 19.8. The number of anilines is 2. The summed E-state index contributed by atoms with van der Waals surface area (Å²) in [6.07, 6.45) is 3.02. The maximum absolute atomic E-state index is 12.6. The van der Waals surface area contributed by atoms with Crippen LogP contribution in [0.5, 0.6) is 0 Å². The second-order valence-corrected chi connectivity index (χ2v) is 13.6. The number of sulfone groups is 1. The van der Waals surface area contributed by atoms with Crippen LogP contribution in [0.15, 0.2) is 30.3 Å². The van der Waals surface area contributed by atoms with E-state index in [1.165, 1.54) is 17.4 Å². The van der Waals surface area contributed by atoms with Crippen molar-refractivity contribution in [3.63, 3.8) is 0 Å². The van der Waals surface area contributed by atoms with Gasteiger partial charge in [0.05, 0.1) is 29.9 Å². The average molecular weight is 526 g/mol. The number of carbonyl (C=O) groups is 1. The Morgan fingerprint density at radius 1 is 1.11 bits per heavy atom. The van der Waals surface area contributed by atoms with Gasteiger partial charge >= 0.3 is 6.03 Å². The van der Waals surface area contributed by atoms with E-state index in [1.54, 1.807) is 30.3 Å². The van der Waals surface area contributed by atoms with Gasteiger partial charge in [0.25, 0.3) is 0 Å². The van der Waals surface area contributed by atoms with Gasteiger partial charge in [0.1, 0.15) is 5.82 Å². The highest BCUT2D eigenvalue weighted by atomic mass is 32.3. The SMILES string of the molecule is CS(O)(O)Cc1cc(N2CCOCC2)nc(-c2ccc(NC(=O)N3CCC(S(C)(=O)=O)C3)cc2)n1. The van der Waals surface area contributed by atoms with Crippen LogP contribution < -0.4 is 10.2 Å². The molecule has 192 valence electrons. The van der Waals surface area contributed by atoms with Gasteiger partial charge < -0.3 is 19.9 Å². The number of aromatic nitrogens is 2. The summed E-state index contributed by atoms with van der Waals surface area (Å²) in [5, 5.41) is 2.28. The highest BCUT2D eigenvalue weighted by Gasteiger charge is 2.32. The topological polar surface area (TPSA) is 145 Å². The molecule has 13 heteroatoms. The van der Waals surface area contributed by atoms with Crippen molar-refractivity contribution in [1.29, 1.82) is 0 Å². The molecule has 1 aromatic carbocycles. The first kappa shape index (κ1) is 25.6. The third kappa shape index (κ3) is 6.82. The quantitative estimate of drug-likeness (QED) is 0.518. The highest BCUT2D eigenvalue weighted by molar-refractivity contribution is 8.23. The van der Waals surface area contributed by atoms with Crippen molar-refractivity contribution in [3.8, 4) is 11.4 Å². The summed E-state index contributed by atoms with van der Waals surface area (Å²) in [6.45, 7) is 3.12. The number of likely N-dealkylation sites (tertiary alicyclic amines) is 1. The summed E-state index contributed by atoms with van der Waals surface area (Å²) >= 11 is 0. The standard InChI is InChI=1S/C22H31N5O6S2/c1-34(29,30)15-18-13-20(26-9-11-33-12-10-26)25-21(23-18)16-3-5-17(6-4-16)24-22(28)27-8-7-19(14-27)35(2,31)32/h3-6,13,19,29-30H,7-12,14-15H2,1-2H3,(H,24,28). The molecular weight excluding hydrogens is 494 g/mol. The normalized spacial score (nSPS) is 19.6. The average Bonchev–Trinajstić information content (AvgIpc) is 3.30.